The fourth-order valence-electron chi connectivity index (χ4n) is 3.18. The van der Waals surface area contributed by atoms with Crippen LogP contribution in [0.2, 0.25) is 0 Å². The van der Waals surface area contributed by atoms with Gasteiger partial charge in [-0.2, -0.15) is 0 Å². The number of amides is 1. The molecule has 2 aromatic carbocycles. The number of hydrogen-bond acceptors (Lipinski definition) is 4. The van der Waals surface area contributed by atoms with Gasteiger partial charge in [0.1, 0.15) is 12.1 Å². The van der Waals surface area contributed by atoms with Crippen LogP contribution in [0, 0.1) is 0 Å². The number of methoxy groups -OCH3 is 1. The maximum atomic E-state index is 12.3. The van der Waals surface area contributed by atoms with Crippen LogP contribution in [-0.2, 0) is 4.79 Å². The Morgan fingerprint density at radius 3 is 2.80 bits per heavy atom. The molecule has 126 valence electrons. The lowest BCUT2D eigenvalue weighted by Gasteiger charge is -2.23. The Hall–Kier alpha value is -3.28. The molecular weight excluding hydrogens is 318 g/mol. The minimum Gasteiger partial charge on any atom is -0.504 e. The number of hydrogen-bond donors (Lipinski definition) is 2. The number of phenolic OH excluding ortho intramolecular Hbond substituents is 1. The largest absolute Gasteiger partial charge is 0.504 e. The minimum atomic E-state index is -0.191. The molecule has 0 saturated heterocycles. The summed E-state index contributed by atoms with van der Waals surface area (Å²) in [6.07, 6.45) is 2.02. The zero-order valence-electron chi connectivity index (χ0n) is 13.6. The second kappa shape index (κ2) is 5.98. The number of aromatic nitrogens is 2. The van der Waals surface area contributed by atoms with Crippen molar-refractivity contribution in [2.24, 2.45) is 0 Å². The molecule has 6 heteroatoms. The van der Waals surface area contributed by atoms with Gasteiger partial charge in [0.25, 0.3) is 0 Å². The quantitative estimate of drug-likeness (QED) is 0.771. The zero-order chi connectivity index (χ0) is 17.4. The Bertz CT molecular complexity index is 934. The molecule has 6 nitrogen and oxygen atoms in total. The third kappa shape index (κ3) is 2.61. The Kier molecular flexibility index (Phi) is 3.65. The number of fused-ring (bicyclic) bond motifs is 1. The number of benzene rings is 2. The van der Waals surface area contributed by atoms with E-state index in [0.29, 0.717) is 18.0 Å². The second-order valence-corrected chi connectivity index (χ2v) is 5.92. The van der Waals surface area contributed by atoms with Crippen molar-refractivity contribution in [3.8, 4) is 17.2 Å². The molecule has 0 aliphatic carbocycles. The number of nitrogens with zero attached hydrogens (tertiary/aromatic N) is 2. The van der Waals surface area contributed by atoms with E-state index in [4.69, 9.17) is 4.74 Å². The lowest BCUT2D eigenvalue weighted by atomic mass is 9.89. The van der Waals surface area contributed by atoms with E-state index in [-0.39, 0.29) is 17.6 Å². The first kappa shape index (κ1) is 15.3. The number of carbonyl (C=O) groups is 1. The van der Waals surface area contributed by atoms with E-state index >= 15 is 0 Å². The van der Waals surface area contributed by atoms with Crippen molar-refractivity contribution in [3.05, 3.63) is 66.1 Å². The Balaban J connectivity index is 1.81. The maximum Gasteiger partial charge on any atom is 0.226 e. The Labute approximate surface area is 144 Å². The first-order chi connectivity index (χ1) is 12.2. The normalized spacial score (nSPS) is 16.2. The first-order valence-corrected chi connectivity index (χ1v) is 7.97. The standard InChI is InChI=1S/C19H17N3O3/c1-25-16-9-12(7-8-15(16)23)14-10-17(24)21-19-18(14)20-11-22(19)13-5-3-2-4-6-13/h2-9,11,14,23H,10H2,1H3,(H,21,24). The van der Waals surface area contributed by atoms with Crippen LogP contribution in [0.25, 0.3) is 5.69 Å². The number of anilines is 1. The first-order valence-electron chi connectivity index (χ1n) is 7.97. The lowest BCUT2D eigenvalue weighted by molar-refractivity contribution is -0.116. The summed E-state index contributed by atoms with van der Waals surface area (Å²) in [6, 6.07) is 14.9. The molecule has 1 aromatic heterocycles. The molecule has 0 spiro atoms. The van der Waals surface area contributed by atoms with Gasteiger partial charge in [-0.3, -0.25) is 9.36 Å². The molecule has 2 heterocycles. The van der Waals surface area contributed by atoms with Crippen LogP contribution in [0.4, 0.5) is 5.82 Å². The fraction of sp³-hybridized carbons (Fsp3) is 0.158. The summed E-state index contributed by atoms with van der Waals surface area (Å²) in [5.74, 6) is 0.874. The summed E-state index contributed by atoms with van der Waals surface area (Å²) >= 11 is 0. The lowest BCUT2D eigenvalue weighted by Crippen LogP contribution is -2.24. The van der Waals surface area contributed by atoms with E-state index in [0.717, 1.165) is 16.9 Å². The van der Waals surface area contributed by atoms with Crippen LogP contribution in [0.1, 0.15) is 23.6 Å². The number of nitrogens with one attached hydrogen (secondary N) is 1. The molecule has 1 aliphatic rings. The minimum absolute atomic E-state index is 0.0674. The van der Waals surface area contributed by atoms with Crippen molar-refractivity contribution >= 4 is 11.7 Å². The Morgan fingerprint density at radius 1 is 1.24 bits per heavy atom. The van der Waals surface area contributed by atoms with Gasteiger partial charge in [0.15, 0.2) is 11.5 Å². The van der Waals surface area contributed by atoms with Crippen molar-refractivity contribution < 1.29 is 14.6 Å². The van der Waals surface area contributed by atoms with Crippen molar-refractivity contribution in [2.75, 3.05) is 12.4 Å². The molecule has 0 bridgehead atoms. The number of phenols is 1. The maximum absolute atomic E-state index is 12.3. The number of aromatic hydroxyl groups is 1. The van der Waals surface area contributed by atoms with E-state index in [1.807, 2.05) is 34.9 Å². The SMILES string of the molecule is COc1cc(C2CC(=O)Nc3c2ncn3-c2ccccc2)ccc1O. The summed E-state index contributed by atoms with van der Waals surface area (Å²) in [4.78, 5) is 16.8. The molecule has 0 radical (unpaired) electrons. The average Bonchev–Trinajstić information content (AvgIpc) is 3.06. The second-order valence-electron chi connectivity index (χ2n) is 5.92. The van der Waals surface area contributed by atoms with Gasteiger partial charge in [0.05, 0.1) is 12.8 Å². The third-order valence-electron chi connectivity index (χ3n) is 4.41. The topological polar surface area (TPSA) is 76.4 Å². The molecule has 3 aromatic rings. The molecule has 4 rings (SSSR count). The number of para-hydroxylation sites is 1. The molecule has 0 fully saturated rings. The van der Waals surface area contributed by atoms with E-state index in [2.05, 4.69) is 10.3 Å². The smallest absolute Gasteiger partial charge is 0.226 e. The van der Waals surface area contributed by atoms with Gasteiger partial charge in [-0.05, 0) is 29.8 Å². The predicted molar refractivity (Wildman–Crippen MR) is 93.3 cm³/mol. The van der Waals surface area contributed by atoms with Crippen LogP contribution >= 0.6 is 0 Å². The summed E-state index contributed by atoms with van der Waals surface area (Å²) in [7, 11) is 1.50. The van der Waals surface area contributed by atoms with Crippen LogP contribution in [-0.4, -0.2) is 27.7 Å². The van der Waals surface area contributed by atoms with Crippen molar-refractivity contribution in [2.45, 2.75) is 12.3 Å². The molecule has 1 unspecified atom stereocenters. The molecular formula is C19H17N3O3. The molecule has 0 saturated carbocycles. The van der Waals surface area contributed by atoms with E-state index in [9.17, 15) is 9.90 Å². The average molecular weight is 335 g/mol. The summed E-state index contributed by atoms with van der Waals surface area (Å²) < 4.78 is 7.06. The van der Waals surface area contributed by atoms with Crippen LogP contribution in [0.5, 0.6) is 11.5 Å². The monoisotopic (exact) mass is 335 g/mol. The van der Waals surface area contributed by atoms with Crippen LogP contribution < -0.4 is 10.1 Å². The summed E-state index contributed by atoms with van der Waals surface area (Å²) in [6.45, 7) is 0. The predicted octanol–water partition coefficient (Wildman–Crippen LogP) is 3.06. The van der Waals surface area contributed by atoms with Gasteiger partial charge in [0, 0.05) is 18.0 Å². The highest BCUT2D eigenvalue weighted by Crippen LogP contribution is 2.39. The van der Waals surface area contributed by atoms with E-state index < -0.39 is 0 Å². The van der Waals surface area contributed by atoms with Crippen molar-refractivity contribution in [1.29, 1.82) is 0 Å². The molecule has 1 aliphatic heterocycles. The number of rotatable bonds is 3. The van der Waals surface area contributed by atoms with Crippen molar-refractivity contribution in [1.82, 2.24) is 9.55 Å². The summed E-state index contributed by atoms with van der Waals surface area (Å²) in [5.41, 5.74) is 2.61. The zero-order valence-corrected chi connectivity index (χ0v) is 13.6. The van der Waals surface area contributed by atoms with Gasteiger partial charge in [-0.15, -0.1) is 0 Å². The number of carbonyl (C=O) groups excluding carboxylic acids is 1. The van der Waals surface area contributed by atoms with Crippen LogP contribution in [0.3, 0.4) is 0 Å². The summed E-state index contributed by atoms with van der Waals surface area (Å²) in [5, 5.41) is 12.7. The highest BCUT2D eigenvalue weighted by molar-refractivity contribution is 5.94. The van der Waals surface area contributed by atoms with Crippen LogP contribution in [0.15, 0.2) is 54.9 Å². The van der Waals surface area contributed by atoms with Gasteiger partial charge >= 0.3 is 0 Å². The molecule has 1 atom stereocenters. The Morgan fingerprint density at radius 2 is 2.04 bits per heavy atom. The number of ether oxygens (including phenoxy) is 1. The van der Waals surface area contributed by atoms with E-state index in [1.165, 1.54) is 7.11 Å². The fourth-order valence-corrected chi connectivity index (χ4v) is 3.18. The van der Waals surface area contributed by atoms with Gasteiger partial charge in [-0.25, -0.2) is 4.98 Å². The van der Waals surface area contributed by atoms with E-state index in [1.54, 1.807) is 24.5 Å². The van der Waals surface area contributed by atoms with Gasteiger partial charge < -0.3 is 15.2 Å². The third-order valence-corrected chi connectivity index (χ3v) is 4.41. The number of imidazole rings is 1. The molecule has 25 heavy (non-hydrogen) atoms. The molecule has 2 N–H and O–H groups in total. The highest BCUT2D eigenvalue weighted by atomic mass is 16.5. The van der Waals surface area contributed by atoms with Gasteiger partial charge in [0.2, 0.25) is 5.91 Å². The highest BCUT2D eigenvalue weighted by Gasteiger charge is 2.31. The van der Waals surface area contributed by atoms with Crippen molar-refractivity contribution in [3.63, 3.8) is 0 Å². The van der Waals surface area contributed by atoms with Gasteiger partial charge in [-0.1, -0.05) is 24.3 Å². The molecule has 1 amide bonds.